The summed E-state index contributed by atoms with van der Waals surface area (Å²) in [7, 11) is -2.57. The lowest BCUT2D eigenvalue weighted by Gasteiger charge is -2.15. The lowest BCUT2D eigenvalue weighted by molar-refractivity contribution is -0.149. The minimum atomic E-state index is -3.75. The molecule has 0 N–H and O–H groups in total. The predicted octanol–water partition coefficient (Wildman–Crippen LogP) is 2.00. The van der Waals surface area contributed by atoms with Gasteiger partial charge in [-0.2, -0.15) is 8.42 Å². The van der Waals surface area contributed by atoms with Crippen LogP contribution in [-0.2, 0) is 23.8 Å². The second kappa shape index (κ2) is 6.16. The number of methoxy groups -OCH3 is 1. The van der Waals surface area contributed by atoms with Crippen molar-refractivity contribution in [3.8, 4) is 0 Å². The Labute approximate surface area is 113 Å². The molecular weight excluding hydrogens is 268 g/mol. The van der Waals surface area contributed by atoms with Gasteiger partial charge in [0.2, 0.25) is 0 Å². The van der Waals surface area contributed by atoms with E-state index >= 15 is 0 Å². The monoisotopic (exact) mass is 286 g/mol. The Hall–Kier alpha value is -1.40. The fourth-order valence-electron chi connectivity index (χ4n) is 1.57. The quantitative estimate of drug-likeness (QED) is 0.611. The first-order valence-electron chi connectivity index (χ1n) is 5.80. The Kier molecular flexibility index (Phi) is 5.08. The van der Waals surface area contributed by atoms with Crippen molar-refractivity contribution < 1.29 is 22.1 Å². The van der Waals surface area contributed by atoms with Crippen LogP contribution in [0.1, 0.15) is 37.0 Å². The molecule has 0 aliphatic heterocycles. The van der Waals surface area contributed by atoms with Gasteiger partial charge in [-0.1, -0.05) is 38.1 Å². The van der Waals surface area contributed by atoms with Gasteiger partial charge in [0.1, 0.15) is 0 Å². The second-order valence-corrected chi connectivity index (χ2v) is 6.13. The largest absolute Gasteiger partial charge is 0.467 e. The predicted molar refractivity (Wildman–Crippen MR) is 71.2 cm³/mol. The highest BCUT2D eigenvalue weighted by Crippen LogP contribution is 2.23. The van der Waals surface area contributed by atoms with Gasteiger partial charge in [-0.3, -0.25) is 4.18 Å². The fraction of sp³-hybridized carbons (Fsp3) is 0.462. The van der Waals surface area contributed by atoms with Crippen molar-refractivity contribution in [2.24, 2.45) is 0 Å². The number of ether oxygens (including phenoxy) is 1. The van der Waals surface area contributed by atoms with E-state index in [0.29, 0.717) is 11.5 Å². The van der Waals surface area contributed by atoms with E-state index in [0.717, 1.165) is 11.8 Å². The average molecular weight is 286 g/mol. The van der Waals surface area contributed by atoms with E-state index in [1.54, 1.807) is 12.1 Å². The van der Waals surface area contributed by atoms with Gasteiger partial charge >= 0.3 is 5.97 Å². The first kappa shape index (κ1) is 15.7. The fourth-order valence-corrected chi connectivity index (χ4v) is 2.11. The summed E-state index contributed by atoms with van der Waals surface area (Å²) in [4.78, 5) is 11.6. The van der Waals surface area contributed by atoms with Crippen LogP contribution < -0.4 is 0 Å². The summed E-state index contributed by atoms with van der Waals surface area (Å²) in [6.07, 6.45) is -0.368. The minimum absolute atomic E-state index is 0.349. The lowest BCUT2D eigenvalue weighted by Crippen LogP contribution is -2.20. The van der Waals surface area contributed by atoms with Crippen LogP contribution in [0.4, 0.5) is 0 Å². The van der Waals surface area contributed by atoms with E-state index in [-0.39, 0.29) is 0 Å². The normalized spacial score (nSPS) is 13.3. The number of rotatable bonds is 5. The van der Waals surface area contributed by atoms with Gasteiger partial charge < -0.3 is 4.74 Å². The molecule has 0 saturated heterocycles. The van der Waals surface area contributed by atoms with E-state index in [4.69, 9.17) is 4.18 Å². The Morgan fingerprint density at radius 2 is 1.58 bits per heavy atom. The number of carbonyl (C=O) groups is 1. The maximum absolute atomic E-state index is 11.6. The zero-order chi connectivity index (χ0) is 14.6. The van der Waals surface area contributed by atoms with E-state index < -0.39 is 22.2 Å². The summed E-state index contributed by atoms with van der Waals surface area (Å²) < 4.78 is 31.7. The molecule has 1 aromatic rings. The molecule has 0 fully saturated rings. The molecule has 0 saturated carbocycles. The highest BCUT2D eigenvalue weighted by atomic mass is 32.2. The molecule has 1 aromatic carbocycles. The van der Waals surface area contributed by atoms with Crippen LogP contribution in [0.2, 0.25) is 0 Å². The van der Waals surface area contributed by atoms with E-state index in [9.17, 15) is 13.2 Å². The number of esters is 1. The lowest BCUT2D eigenvalue weighted by atomic mass is 10.00. The maximum atomic E-state index is 11.6. The highest BCUT2D eigenvalue weighted by Gasteiger charge is 2.26. The Morgan fingerprint density at radius 3 is 1.95 bits per heavy atom. The van der Waals surface area contributed by atoms with Crippen LogP contribution in [0.5, 0.6) is 0 Å². The SMILES string of the molecule is COC(=O)[C@H](OS(C)(=O)=O)c1ccc(C(C)C)cc1. The third-order valence-corrected chi connectivity index (χ3v) is 3.13. The standard InChI is InChI=1S/C13H18O5S/c1-9(2)10-5-7-11(8-6-10)12(13(14)17-3)18-19(4,15)16/h5-9,12H,1-4H3/t12-/m1/s1. The van der Waals surface area contributed by atoms with Crippen molar-refractivity contribution in [1.82, 2.24) is 0 Å². The third-order valence-electron chi connectivity index (χ3n) is 2.59. The van der Waals surface area contributed by atoms with E-state index in [1.165, 1.54) is 7.11 Å². The van der Waals surface area contributed by atoms with Crippen molar-refractivity contribution in [2.75, 3.05) is 13.4 Å². The number of hydrogen-bond acceptors (Lipinski definition) is 5. The Bertz CT molecular complexity index is 531. The summed E-state index contributed by atoms with van der Waals surface area (Å²) in [5, 5.41) is 0. The van der Waals surface area contributed by atoms with Crippen molar-refractivity contribution in [3.05, 3.63) is 35.4 Å². The van der Waals surface area contributed by atoms with Crippen molar-refractivity contribution in [1.29, 1.82) is 0 Å². The average Bonchev–Trinajstić information content (AvgIpc) is 2.34. The first-order chi connectivity index (χ1) is 8.74. The van der Waals surface area contributed by atoms with Crippen molar-refractivity contribution >= 4 is 16.1 Å². The van der Waals surface area contributed by atoms with Gasteiger partial charge in [0.25, 0.3) is 10.1 Å². The molecular formula is C13H18O5S. The molecule has 0 aliphatic carbocycles. The van der Waals surface area contributed by atoms with Crippen LogP contribution >= 0.6 is 0 Å². The molecule has 1 atom stereocenters. The van der Waals surface area contributed by atoms with Gasteiger partial charge in [-0.15, -0.1) is 0 Å². The van der Waals surface area contributed by atoms with Crippen LogP contribution in [0.15, 0.2) is 24.3 Å². The molecule has 0 unspecified atom stereocenters. The summed E-state index contributed by atoms with van der Waals surface area (Å²) in [6, 6.07) is 7.01. The molecule has 0 radical (unpaired) electrons. The summed E-state index contributed by atoms with van der Waals surface area (Å²) in [6.45, 7) is 4.08. The molecule has 0 heterocycles. The summed E-state index contributed by atoms with van der Waals surface area (Å²) >= 11 is 0. The van der Waals surface area contributed by atoms with Gasteiger partial charge in [0, 0.05) is 0 Å². The topological polar surface area (TPSA) is 69.7 Å². The smallest absolute Gasteiger partial charge is 0.341 e. The Morgan fingerprint density at radius 1 is 1.11 bits per heavy atom. The minimum Gasteiger partial charge on any atom is -0.467 e. The molecule has 0 amide bonds. The third kappa shape index (κ3) is 4.65. The van der Waals surface area contributed by atoms with Crippen molar-refractivity contribution in [3.63, 3.8) is 0 Å². The van der Waals surface area contributed by atoms with Crippen LogP contribution in [-0.4, -0.2) is 27.8 Å². The molecule has 0 aliphatic rings. The van der Waals surface area contributed by atoms with Crippen LogP contribution in [0.3, 0.4) is 0 Å². The van der Waals surface area contributed by atoms with Gasteiger partial charge in [0.15, 0.2) is 6.10 Å². The van der Waals surface area contributed by atoms with Gasteiger partial charge in [-0.25, -0.2) is 4.79 Å². The van der Waals surface area contributed by atoms with Crippen molar-refractivity contribution in [2.45, 2.75) is 25.9 Å². The highest BCUT2D eigenvalue weighted by molar-refractivity contribution is 7.86. The second-order valence-electron chi connectivity index (χ2n) is 4.52. The zero-order valence-electron chi connectivity index (χ0n) is 11.4. The number of benzene rings is 1. The number of hydrogen-bond donors (Lipinski definition) is 0. The van der Waals surface area contributed by atoms with E-state index in [2.05, 4.69) is 4.74 Å². The summed E-state index contributed by atoms with van der Waals surface area (Å²) in [5.41, 5.74) is 1.54. The van der Waals surface area contributed by atoms with Crippen LogP contribution in [0, 0.1) is 0 Å². The molecule has 5 nitrogen and oxygen atoms in total. The molecule has 0 bridgehead atoms. The maximum Gasteiger partial charge on any atom is 0.341 e. The molecule has 19 heavy (non-hydrogen) atoms. The molecule has 0 spiro atoms. The molecule has 106 valence electrons. The van der Waals surface area contributed by atoms with Gasteiger partial charge in [-0.05, 0) is 17.0 Å². The van der Waals surface area contributed by atoms with Crippen LogP contribution in [0.25, 0.3) is 0 Å². The molecule has 1 rings (SSSR count). The van der Waals surface area contributed by atoms with E-state index in [1.807, 2.05) is 26.0 Å². The molecule has 0 aromatic heterocycles. The first-order valence-corrected chi connectivity index (χ1v) is 7.62. The summed E-state index contributed by atoms with van der Waals surface area (Å²) in [5.74, 6) is -0.399. The number of carbonyl (C=O) groups excluding carboxylic acids is 1. The van der Waals surface area contributed by atoms with Gasteiger partial charge in [0.05, 0.1) is 13.4 Å². The molecule has 6 heteroatoms. The zero-order valence-corrected chi connectivity index (χ0v) is 12.2. The Balaban J connectivity index is 3.07.